The predicted molar refractivity (Wildman–Crippen MR) is 80.6 cm³/mol. The summed E-state index contributed by atoms with van der Waals surface area (Å²) in [6.07, 6.45) is 3.52. The molecule has 1 aliphatic heterocycles. The molecular formula is C15H15N5O2. The van der Waals surface area contributed by atoms with Crippen molar-refractivity contribution in [1.82, 2.24) is 24.1 Å². The fourth-order valence-electron chi connectivity index (χ4n) is 2.90. The molecule has 0 radical (unpaired) electrons. The third kappa shape index (κ3) is 1.97. The van der Waals surface area contributed by atoms with E-state index in [-0.39, 0.29) is 18.1 Å². The molecule has 22 heavy (non-hydrogen) atoms. The molecule has 1 saturated heterocycles. The molecule has 0 unspecified atom stereocenters. The highest BCUT2D eigenvalue weighted by Gasteiger charge is 2.20. The molecule has 3 aromatic rings. The van der Waals surface area contributed by atoms with Crippen LogP contribution in [-0.4, -0.2) is 43.1 Å². The zero-order valence-electron chi connectivity index (χ0n) is 12.0. The zero-order chi connectivity index (χ0) is 15.1. The summed E-state index contributed by atoms with van der Waals surface area (Å²) in [6.45, 7) is 1.52. The van der Waals surface area contributed by atoms with Crippen LogP contribution in [0.3, 0.4) is 0 Å². The van der Waals surface area contributed by atoms with Crippen molar-refractivity contribution in [3.8, 4) is 0 Å². The monoisotopic (exact) mass is 297 g/mol. The first kappa shape index (κ1) is 13.0. The molecule has 1 fully saturated rings. The van der Waals surface area contributed by atoms with Gasteiger partial charge in [-0.05, 0) is 25.0 Å². The number of aromatic nitrogens is 4. The number of hydrogen-bond donors (Lipinski definition) is 0. The Morgan fingerprint density at radius 3 is 2.77 bits per heavy atom. The molecule has 0 atom stereocenters. The lowest BCUT2D eigenvalue weighted by atomic mass is 10.2. The van der Waals surface area contributed by atoms with E-state index in [4.69, 9.17) is 0 Å². The van der Waals surface area contributed by atoms with Gasteiger partial charge in [0, 0.05) is 18.5 Å². The first-order chi connectivity index (χ1) is 10.7. The first-order valence-electron chi connectivity index (χ1n) is 7.35. The molecule has 7 nitrogen and oxygen atoms in total. The minimum absolute atomic E-state index is 0.0190. The molecule has 0 bridgehead atoms. The lowest BCUT2D eigenvalue weighted by molar-refractivity contribution is -0.131. The fourth-order valence-corrected chi connectivity index (χ4v) is 2.90. The van der Waals surface area contributed by atoms with Gasteiger partial charge in [-0.15, -0.1) is 5.10 Å². The highest BCUT2D eigenvalue weighted by Crippen LogP contribution is 2.14. The number of hydrogen-bond acceptors (Lipinski definition) is 4. The van der Waals surface area contributed by atoms with E-state index >= 15 is 0 Å². The van der Waals surface area contributed by atoms with Gasteiger partial charge in [0.25, 0.3) is 0 Å². The van der Waals surface area contributed by atoms with Crippen molar-refractivity contribution in [3.63, 3.8) is 0 Å². The topological polar surface area (TPSA) is 72.5 Å². The van der Waals surface area contributed by atoms with Crippen LogP contribution in [0.1, 0.15) is 12.8 Å². The average Bonchev–Trinajstić information content (AvgIpc) is 3.17. The van der Waals surface area contributed by atoms with Crippen molar-refractivity contribution in [2.75, 3.05) is 13.1 Å². The second-order valence-corrected chi connectivity index (χ2v) is 5.48. The van der Waals surface area contributed by atoms with Gasteiger partial charge in [0.1, 0.15) is 12.9 Å². The minimum Gasteiger partial charge on any atom is -0.341 e. The molecule has 0 N–H and O–H groups in total. The number of rotatable bonds is 2. The summed E-state index contributed by atoms with van der Waals surface area (Å²) >= 11 is 0. The number of benzene rings is 1. The maximum Gasteiger partial charge on any atom is 0.352 e. The molecule has 0 saturated carbocycles. The van der Waals surface area contributed by atoms with Crippen molar-refractivity contribution >= 4 is 22.5 Å². The maximum atomic E-state index is 12.4. The Kier molecular flexibility index (Phi) is 2.92. The highest BCUT2D eigenvalue weighted by molar-refractivity contribution is 5.90. The fraction of sp³-hybridized carbons (Fsp3) is 0.333. The molecule has 1 amide bonds. The van der Waals surface area contributed by atoms with Gasteiger partial charge in [-0.3, -0.25) is 4.79 Å². The van der Waals surface area contributed by atoms with Crippen molar-refractivity contribution in [2.45, 2.75) is 19.4 Å². The Labute approximate surface area is 125 Å². The standard InChI is InChI=1S/C15H15N5O2/c21-13(18-7-3-4-8-18)9-20-15(22)19-10-16-12-6-2-1-5-11(12)14(19)17-20/h1-2,5-6,10H,3-4,7-9H2. The van der Waals surface area contributed by atoms with Gasteiger partial charge in [-0.2, -0.15) is 0 Å². The Morgan fingerprint density at radius 2 is 1.95 bits per heavy atom. The molecule has 3 heterocycles. The van der Waals surface area contributed by atoms with Gasteiger partial charge in [0.2, 0.25) is 5.91 Å². The number of carbonyl (C=O) groups is 1. The summed E-state index contributed by atoms with van der Waals surface area (Å²) < 4.78 is 2.61. The summed E-state index contributed by atoms with van der Waals surface area (Å²) in [5, 5.41) is 5.13. The number of amides is 1. The van der Waals surface area contributed by atoms with Crippen LogP contribution in [0, 0.1) is 0 Å². The third-order valence-electron chi connectivity index (χ3n) is 4.07. The molecule has 1 aromatic carbocycles. The van der Waals surface area contributed by atoms with Crippen LogP contribution in [0.2, 0.25) is 0 Å². The Balaban J connectivity index is 1.78. The van der Waals surface area contributed by atoms with Gasteiger partial charge >= 0.3 is 5.69 Å². The van der Waals surface area contributed by atoms with E-state index in [0.717, 1.165) is 36.8 Å². The summed E-state index contributed by atoms with van der Waals surface area (Å²) in [5.74, 6) is -0.0553. The second kappa shape index (κ2) is 4.94. The van der Waals surface area contributed by atoms with Crippen molar-refractivity contribution in [2.24, 2.45) is 0 Å². The smallest absolute Gasteiger partial charge is 0.341 e. The Bertz CT molecular complexity index is 920. The molecule has 0 aliphatic carbocycles. The molecule has 0 spiro atoms. The molecule has 4 rings (SSSR count). The minimum atomic E-state index is -0.333. The van der Waals surface area contributed by atoms with Gasteiger partial charge in [0.05, 0.1) is 5.52 Å². The van der Waals surface area contributed by atoms with E-state index in [9.17, 15) is 9.59 Å². The van der Waals surface area contributed by atoms with E-state index in [1.165, 1.54) is 15.4 Å². The molecule has 112 valence electrons. The van der Waals surface area contributed by atoms with Crippen molar-refractivity contribution < 1.29 is 4.79 Å². The number of carbonyl (C=O) groups excluding carboxylic acids is 1. The molecule has 1 aliphatic rings. The average molecular weight is 297 g/mol. The van der Waals surface area contributed by atoms with E-state index in [2.05, 4.69) is 10.1 Å². The first-order valence-corrected chi connectivity index (χ1v) is 7.35. The highest BCUT2D eigenvalue weighted by atomic mass is 16.2. The lowest BCUT2D eigenvalue weighted by Gasteiger charge is -2.14. The molecule has 7 heteroatoms. The summed E-state index contributed by atoms with van der Waals surface area (Å²) in [6, 6.07) is 7.51. The van der Waals surface area contributed by atoms with Crippen LogP contribution >= 0.6 is 0 Å². The van der Waals surface area contributed by atoms with Crippen LogP contribution in [0.25, 0.3) is 16.6 Å². The SMILES string of the molecule is O=C(Cn1nc2c3ccccc3ncn2c1=O)N1CCCC1. The quantitative estimate of drug-likeness (QED) is 0.697. The number of para-hydroxylation sites is 1. The predicted octanol–water partition coefficient (Wildman–Crippen LogP) is 0.667. The van der Waals surface area contributed by atoms with Gasteiger partial charge < -0.3 is 4.90 Å². The molecule has 2 aromatic heterocycles. The Morgan fingerprint density at radius 1 is 1.18 bits per heavy atom. The summed E-state index contributed by atoms with van der Waals surface area (Å²) in [7, 11) is 0. The van der Waals surface area contributed by atoms with Crippen LogP contribution < -0.4 is 5.69 Å². The second-order valence-electron chi connectivity index (χ2n) is 5.48. The van der Waals surface area contributed by atoms with Crippen LogP contribution in [-0.2, 0) is 11.3 Å². The maximum absolute atomic E-state index is 12.4. The van der Waals surface area contributed by atoms with E-state index in [0.29, 0.717) is 5.65 Å². The van der Waals surface area contributed by atoms with Gasteiger partial charge in [-0.25, -0.2) is 18.9 Å². The van der Waals surface area contributed by atoms with Gasteiger partial charge in [0.15, 0.2) is 5.65 Å². The van der Waals surface area contributed by atoms with E-state index in [1.54, 1.807) is 4.90 Å². The summed E-state index contributed by atoms with van der Waals surface area (Å²) in [4.78, 5) is 30.6. The summed E-state index contributed by atoms with van der Waals surface area (Å²) in [5.41, 5.74) is 0.976. The van der Waals surface area contributed by atoms with E-state index < -0.39 is 0 Å². The number of nitrogens with zero attached hydrogens (tertiary/aromatic N) is 5. The zero-order valence-corrected chi connectivity index (χ0v) is 12.0. The van der Waals surface area contributed by atoms with Crippen LogP contribution in [0.15, 0.2) is 35.4 Å². The van der Waals surface area contributed by atoms with Crippen LogP contribution in [0.4, 0.5) is 0 Å². The van der Waals surface area contributed by atoms with E-state index in [1.807, 2.05) is 24.3 Å². The van der Waals surface area contributed by atoms with Crippen LogP contribution in [0.5, 0.6) is 0 Å². The third-order valence-corrected chi connectivity index (χ3v) is 4.07. The number of likely N-dealkylation sites (tertiary alicyclic amines) is 1. The normalized spacial score (nSPS) is 15.0. The largest absolute Gasteiger partial charge is 0.352 e. The van der Waals surface area contributed by atoms with Crippen molar-refractivity contribution in [1.29, 1.82) is 0 Å². The molecular weight excluding hydrogens is 282 g/mol. The van der Waals surface area contributed by atoms with Crippen molar-refractivity contribution in [3.05, 3.63) is 41.1 Å². The lowest BCUT2D eigenvalue weighted by Crippen LogP contribution is -2.34. The Hall–Kier alpha value is -2.70. The number of fused-ring (bicyclic) bond motifs is 3. The van der Waals surface area contributed by atoms with Gasteiger partial charge in [-0.1, -0.05) is 12.1 Å².